The molecule has 246 valence electrons. The Morgan fingerprint density at radius 1 is 0.787 bits per heavy atom. The number of hydrogen-bond donors (Lipinski definition) is 1. The van der Waals surface area contributed by atoms with Crippen molar-refractivity contribution in [2.75, 3.05) is 26.2 Å². The van der Waals surface area contributed by atoms with E-state index in [1.54, 1.807) is 4.90 Å². The number of carbonyl (C=O) groups excluding carboxylic acids is 2. The third kappa shape index (κ3) is 9.42. The highest BCUT2D eigenvalue weighted by Gasteiger charge is 2.30. The molecular weight excluding hydrogens is 592 g/mol. The van der Waals surface area contributed by atoms with Crippen molar-refractivity contribution in [3.05, 3.63) is 120 Å². The molecule has 0 unspecified atom stereocenters. The fourth-order valence-electron chi connectivity index (χ4n) is 6.45. The number of hydrogen-bond acceptors (Lipinski definition) is 7. The summed E-state index contributed by atoms with van der Waals surface area (Å²) in [4.78, 5) is 29.9. The van der Waals surface area contributed by atoms with E-state index in [-0.39, 0.29) is 37.0 Å². The van der Waals surface area contributed by atoms with Gasteiger partial charge >= 0.3 is 12.2 Å². The van der Waals surface area contributed by atoms with E-state index in [2.05, 4.69) is 44.8 Å². The fraction of sp³-hybridized carbons (Fsp3) is 0.405. The molecule has 2 amide bonds. The Hall–Kier alpha value is -4.70. The lowest BCUT2D eigenvalue weighted by molar-refractivity contribution is 0.0697. The van der Waals surface area contributed by atoms with Gasteiger partial charge in [0.2, 0.25) is 0 Å². The van der Waals surface area contributed by atoms with E-state index in [4.69, 9.17) is 9.47 Å². The summed E-state index contributed by atoms with van der Waals surface area (Å²) in [6.07, 6.45) is 6.61. The third-order valence-corrected chi connectivity index (χ3v) is 9.05. The number of benzene rings is 3. The van der Waals surface area contributed by atoms with E-state index >= 15 is 0 Å². The zero-order chi connectivity index (χ0) is 32.3. The number of nitrogens with one attached hydrogen (secondary N) is 1. The Balaban J connectivity index is 1.12. The zero-order valence-corrected chi connectivity index (χ0v) is 26.8. The predicted molar refractivity (Wildman–Crippen MR) is 178 cm³/mol. The summed E-state index contributed by atoms with van der Waals surface area (Å²) in [5.74, 6) is 0. The number of piperazine rings is 1. The van der Waals surface area contributed by atoms with Gasteiger partial charge in [0.25, 0.3) is 0 Å². The molecule has 4 aromatic rings. The topological polar surface area (TPSA) is 102 Å². The lowest BCUT2D eigenvalue weighted by Gasteiger charge is -2.33. The highest BCUT2D eigenvalue weighted by molar-refractivity contribution is 5.68. The SMILES string of the molecule is O=C(N[C@@H](Cc1ccccc1)[C@H](Cc1ccccc1)n1cc(CN2CCN(C(=O)OCc3ccccc3)CC2)nn1)OC1CCCC1. The summed E-state index contributed by atoms with van der Waals surface area (Å²) in [5.41, 5.74) is 4.08. The Morgan fingerprint density at radius 3 is 2.02 bits per heavy atom. The van der Waals surface area contributed by atoms with Crippen LogP contribution >= 0.6 is 0 Å². The van der Waals surface area contributed by atoms with E-state index in [1.165, 1.54) is 0 Å². The molecule has 0 bridgehead atoms. The van der Waals surface area contributed by atoms with Crippen LogP contribution in [0.15, 0.2) is 97.2 Å². The van der Waals surface area contributed by atoms with Crippen LogP contribution in [0.1, 0.15) is 54.1 Å². The minimum absolute atomic E-state index is 0.0240. The summed E-state index contributed by atoms with van der Waals surface area (Å²) in [6.45, 7) is 3.49. The number of ether oxygens (including phenoxy) is 2. The van der Waals surface area contributed by atoms with Gasteiger partial charge in [0.1, 0.15) is 12.7 Å². The molecule has 0 spiro atoms. The Kier molecular flexibility index (Phi) is 11.1. The number of amides is 2. The van der Waals surface area contributed by atoms with E-state index in [1.807, 2.05) is 77.6 Å². The highest BCUT2D eigenvalue weighted by atomic mass is 16.6. The summed E-state index contributed by atoms with van der Waals surface area (Å²) >= 11 is 0. The van der Waals surface area contributed by atoms with Gasteiger partial charge in [-0.2, -0.15) is 0 Å². The molecule has 2 fully saturated rings. The standard InChI is InChI=1S/C37H44N6O4/c44-36(47-33-18-10-11-19-33)38-34(24-29-12-4-1-5-13-29)35(25-30-14-6-2-7-15-30)43-27-32(39-40-43)26-41-20-22-42(23-21-41)37(45)46-28-31-16-8-3-9-17-31/h1-9,12-17,27,33-35H,10-11,18-26,28H2,(H,38,44)/t34-,35-/m0/s1. The average Bonchev–Trinajstić information content (AvgIpc) is 3.80. The van der Waals surface area contributed by atoms with Gasteiger partial charge in [0.15, 0.2) is 0 Å². The third-order valence-electron chi connectivity index (χ3n) is 9.05. The van der Waals surface area contributed by atoms with Crippen LogP contribution in [0.3, 0.4) is 0 Å². The predicted octanol–water partition coefficient (Wildman–Crippen LogP) is 5.80. The normalized spacial score (nSPS) is 16.8. The quantitative estimate of drug-likeness (QED) is 0.210. The maximum Gasteiger partial charge on any atom is 0.410 e. The molecule has 3 aromatic carbocycles. The van der Waals surface area contributed by atoms with Gasteiger partial charge < -0.3 is 19.7 Å². The molecule has 1 N–H and O–H groups in total. The molecule has 0 radical (unpaired) electrons. The Morgan fingerprint density at radius 2 is 1.38 bits per heavy atom. The molecule has 2 atom stereocenters. The fourth-order valence-corrected chi connectivity index (χ4v) is 6.45. The van der Waals surface area contributed by atoms with Crippen LogP contribution in [0.5, 0.6) is 0 Å². The van der Waals surface area contributed by atoms with E-state index < -0.39 is 0 Å². The average molecular weight is 637 g/mol. The minimum atomic E-state index is -0.378. The van der Waals surface area contributed by atoms with Crippen molar-refractivity contribution in [2.24, 2.45) is 0 Å². The van der Waals surface area contributed by atoms with Crippen molar-refractivity contribution in [3.63, 3.8) is 0 Å². The van der Waals surface area contributed by atoms with Crippen LogP contribution in [-0.4, -0.2) is 75.3 Å². The van der Waals surface area contributed by atoms with Crippen LogP contribution in [0, 0.1) is 0 Å². The van der Waals surface area contributed by atoms with Crippen LogP contribution in [0.4, 0.5) is 9.59 Å². The van der Waals surface area contributed by atoms with Crippen molar-refractivity contribution in [1.29, 1.82) is 0 Å². The number of aromatic nitrogens is 3. The van der Waals surface area contributed by atoms with Gasteiger partial charge in [-0.15, -0.1) is 5.10 Å². The molecule has 2 aliphatic rings. The first-order chi connectivity index (χ1) is 23.1. The second-order valence-electron chi connectivity index (χ2n) is 12.5. The lowest BCUT2D eigenvalue weighted by Crippen LogP contribution is -2.48. The first-order valence-electron chi connectivity index (χ1n) is 16.7. The number of rotatable bonds is 12. The zero-order valence-electron chi connectivity index (χ0n) is 26.8. The van der Waals surface area contributed by atoms with Gasteiger partial charge in [-0.3, -0.25) is 4.90 Å². The van der Waals surface area contributed by atoms with Crippen molar-refractivity contribution in [3.8, 4) is 0 Å². The van der Waals surface area contributed by atoms with Crippen LogP contribution in [0.25, 0.3) is 0 Å². The summed E-state index contributed by atoms with van der Waals surface area (Å²) < 4.78 is 13.3. The highest BCUT2D eigenvalue weighted by Crippen LogP contribution is 2.24. The number of carbonyl (C=O) groups is 2. The first kappa shape index (κ1) is 32.2. The molecule has 6 rings (SSSR count). The number of nitrogens with zero attached hydrogens (tertiary/aromatic N) is 5. The maximum atomic E-state index is 13.2. The maximum absolute atomic E-state index is 13.2. The second kappa shape index (κ2) is 16.2. The molecule has 1 aromatic heterocycles. The van der Waals surface area contributed by atoms with E-state index in [0.717, 1.165) is 48.1 Å². The minimum Gasteiger partial charge on any atom is -0.446 e. The van der Waals surface area contributed by atoms with Gasteiger partial charge in [0.05, 0.1) is 24.0 Å². The molecule has 10 nitrogen and oxygen atoms in total. The van der Waals surface area contributed by atoms with Crippen LogP contribution in [-0.2, 0) is 35.5 Å². The smallest absolute Gasteiger partial charge is 0.410 e. The Labute approximate surface area is 276 Å². The lowest BCUT2D eigenvalue weighted by atomic mass is 9.94. The van der Waals surface area contributed by atoms with Crippen molar-refractivity contribution in [1.82, 2.24) is 30.1 Å². The second-order valence-corrected chi connectivity index (χ2v) is 12.5. The van der Waals surface area contributed by atoms with Gasteiger partial charge in [-0.1, -0.05) is 96.2 Å². The molecule has 47 heavy (non-hydrogen) atoms. The van der Waals surface area contributed by atoms with Crippen LogP contribution < -0.4 is 5.32 Å². The molecule has 1 saturated heterocycles. The summed E-state index contributed by atoms with van der Waals surface area (Å²) in [7, 11) is 0. The molecule has 1 aliphatic heterocycles. The molecular formula is C37H44N6O4. The molecule has 1 aliphatic carbocycles. The molecule has 10 heteroatoms. The van der Waals surface area contributed by atoms with Gasteiger partial charge in [0, 0.05) is 32.7 Å². The van der Waals surface area contributed by atoms with E-state index in [9.17, 15) is 9.59 Å². The monoisotopic (exact) mass is 636 g/mol. The molecule has 2 heterocycles. The summed E-state index contributed by atoms with van der Waals surface area (Å²) in [6, 6.07) is 29.7. The van der Waals surface area contributed by atoms with Crippen molar-refractivity contribution >= 4 is 12.2 Å². The molecule has 1 saturated carbocycles. The van der Waals surface area contributed by atoms with E-state index in [0.29, 0.717) is 45.6 Å². The Bertz CT molecular complexity index is 1540. The van der Waals surface area contributed by atoms with Gasteiger partial charge in [-0.05, 0) is 55.2 Å². The summed E-state index contributed by atoms with van der Waals surface area (Å²) in [5, 5.41) is 12.4. The number of alkyl carbamates (subject to hydrolysis) is 1. The first-order valence-corrected chi connectivity index (χ1v) is 16.7. The van der Waals surface area contributed by atoms with Gasteiger partial charge in [-0.25, -0.2) is 14.3 Å². The van der Waals surface area contributed by atoms with Crippen molar-refractivity contribution < 1.29 is 19.1 Å². The largest absolute Gasteiger partial charge is 0.446 e. The van der Waals surface area contributed by atoms with Crippen molar-refractivity contribution in [2.45, 2.75) is 69.9 Å². The van der Waals surface area contributed by atoms with Crippen LogP contribution in [0.2, 0.25) is 0 Å².